The summed E-state index contributed by atoms with van der Waals surface area (Å²) in [6.07, 6.45) is 1.79. The van der Waals surface area contributed by atoms with Crippen molar-refractivity contribution < 1.29 is 9.18 Å². The third-order valence-electron chi connectivity index (χ3n) is 4.35. The van der Waals surface area contributed by atoms with Crippen LogP contribution < -0.4 is 0 Å². The normalized spacial score (nSPS) is 22.3. The summed E-state index contributed by atoms with van der Waals surface area (Å²) in [6.45, 7) is 3.48. The average molecular weight is 262 g/mol. The van der Waals surface area contributed by atoms with Crippen LogP contribution in [-0.2, 0) is 10.2 Å². The smallest absolute Gasteiger partial charge is 0.233 e. The number of likely N-dealkylation sites (N-methyl/N-ethyl adjacent to an activating group) is 1. The molecule has 4 heteroatoms. The second-order valence-corrected chi connectivity index (χ2v) is 5.68. The van der Waals surface area contributed by atoms with Crippen molar-refractivity contribution in [2.75, 3.05) is 33.2 Å². The van der Waals surface area contributed by atoms with E-state index in [2.05, 4.69) is 11.9 Å². The van der Waals surface area contributed by atoms with E-state index >= 15 is 0 Å². The molecule has 1 amide bonds. The second kappa shape index (κ2) is 4.60. The molecule has 2 fully saturated rings. The minimum atomic E-state index is -0.358. The molecule has 0 unspecified atom stereocenters. The number of carbonyl (C=O) groups is 1. The fourth-order valence-electron chi connectivity index (χ4n) is 2.83. The highest BCUT2D eigenvalue weighted by Gasteiger charge is 2.53. The fraction of sp³-hybridized carbons (Fsp3) is 0.533. The molecular weight excluding hydrogens is 243 g/mol. The van der Waals surface area contributed by atoms with Gasteiger partial charge in [0.2, 0.25) is 5.91 Å². The van der Waals surface area contributed by atoms with Gasteiger partial charge in [-0.05, 0) is 37.6 Å². The Bertz CT molecular complexity index is 473. The summed E-state index contributed by atoms with van der Waals surface area (Å²) in [7, 11) is 2.08. The summed E-state index contributed by atoms with van der Waals surface area (Å²) >= 11 is 0. The molecule has 0 spiro atoms. The molecule has 1 aliphatic carbocycles. The first-order valence-corrected chi connectivity index (χ1v) is 6.86. The Morgan fingerprint density at radius 3 is 2.21 bits per heavy atom. The van der Waals surface area contributed by atoms with Crippen LogP contribution in [0.25, 0.3) is 0 Å². The van der Waals surface area contributed by atoms with Crippen LogP contribution in [0.4, 0.5) is 4.39 Å². The predicted octanol–water partition coefficient (Wildman–Crippen LogP) is 1.63. The van der Waals surface area contributed by atoms with Crippen LogP contribution in [0.1, 0.15) is 18.4 Å². The number of benzene rings is 1. The van der Waals surface area contributed by atoms with E-state index in [1.54, 1.807) is 12.1 Å². The second-order valence-electron chi connectivity index (χ2n) is 5.68. The van der Waals surface area contributed by atoms with Crippen molar-refractivity contribution in [2.45, 2.75) is 18.3 Å². The van der Waals surface area contributed by atoms with Gasteiger partial charge in [0.25, 0.3) is 0 Å². The van der Waals surface area contributed by atoms with E-state index in [1.165, 1.54) is 12.1 Å². The van der Waals surface area contributed by atoms with Gasteiger partial charge in [-0.25, -0.2) is 4.39 Å². The molecule has 1 aromatic rings. The SMILES string of the molecule is CN1CCN(C(=O)C2(c3ccc(F)cc3)CC2)CC1. The number of piperazine rings is 1. The van der Waals surface area contributed by atoms with Gasteiger partial charge in [0, 0.05) is 26.2 Å². The van der Waals surface area contributed by atoms with Gasteiger partial charge in [-0.2, -0.15) is 0 Å². The first kappa shape index (κ1) is 12.6. The summed E-state index contributed by atoms with van der Waals surface area (Å²) in [5.41, 5.74) is 0.613. The first-order chi connectivity index (χ1) is 9.12. The monoisotopic (exact) mass is 262 g/mol. The third-order valence-corrected chi connectivity index (χ3v) is 4.35. The summed E-state index contributed by atoms with van der Waals surface area (Å²) in [5, 5.41) is 0. The van der Waals surface area contributed by atoms with Crippen molar-refractivity contribution in [1.29, 1.82) is 0 Å². The first-order valence-electron chi connectivity index (χ1n) is 6.86. The minimum Gasteiger partial charge on any atom is -0.339 e. The van der Waals surface area contributed by atoms with E-state index in [1.807, 2.05) is 4.90 Å². The van der Waals surface area contributed by atoms with Crippen LogP contribution in [0, 0.1) is 5.82 Å². The van der Waals surface area contributed by atoms with E-state index in [0.29, 0.717) is 0 Å². The van der Waals surface area contributed by atoms with Crippen LogP contribution in [0.3, 0.4) is 0 Å². The van der Waals surface area contributed by atoms with Crippen LogP contribution in [-0.4, -0.2) is 48.9 Å². The van der Waals surface area contributed by atoms with E-state index in [4.69, 9.17) is 0 Å². The van der Waals surface area contributed by atoms with Gasteiger partial charge in [-0.3, -0.25) is 4.79 Å². The van der Waals surface area contributed by atoms with Crippen LogP contribution in [0.15, 0.2) is 24.3 Å². The van der Waals surface area contributed by atoms with Crippen LogP contribution in [0.2, 0.25) is 0 Å². The van der Waals surface area contributed by atoms with Gasteiger partial charge in [0.05, 0.1) is 5.41 Å². The molecular formula is C15H19FN2O. The largest absolute Gasteiger partial charge is 0.339 e. The summed E-state index contributed by atoms with van der Waals surface area (Å²) in [5.74, 6) is -0.0150. The number of halogens is 1. The molecule has 0 aromatic heterocycles. The van der Waals surface area contributed by atoms with E-state index in [0.717, 1.165) is 44.6 Å². The van der Waals surface area contributed by atoms with Crippen molar-refractivity contribution in [3.63, 3.8) is 0 Å². The number of rotatable bonds is 2. The van der Waals surface area contributed by atoms with Crippen molar-refractivity contribution >= 4 is 5.91 Å². The molecule has 102 valence electrons. The van der Waals surface area contributed by atoms with Gasteiger partial charge in [0.15, 0.2) is 0 Å². The Balaban J connectivity index is 1.77. The topological polar surface area (TPSA) is 23.6 Å². The lowest BCUT2D eigenvalue weighted by atomic mass is 9.94. The van der Waals surface area contributed by atoms with Crippen LogP contribution >= 0.6 is 0 Å². The van der Waals surface area contributed by atoms with Crippen molar-refractivity contribution in [3.8, 4) is 0 Å². The Hall–Kier alpha value is -1.42. The van der Waals surface area contributed by atoms with Crippen molar-refractivity contribution in [2.24, 2.45) is 0 Å². The maximum atomic E-state index is 13.0. The lowest BCUT2D eigenvalue weighted by Gasteiger charge is -2.35. The summed E-state index contributed by atoms with van der Waals surface area (Å²) in [4.78, 5) is 16.9. The molecule has 1 saturated heterocycles. The Morgan fingerprint density at radius 1 is 1.11 bits per heavy atom. The minimum absolute atomic E-state index is 0.229. The quantitative estimate of drug-likeness (QED) is 0.809. The predicted molar refractivity (Wildman–Crippen MR) is 71.4 cm³/mol. The summed E-state index contributed by atoms with van der Waals surface area (Å²) in [6, 6.07) is 6.42. The fourth-order valence-corrected chi connectivity index (χ4v) is 2.83. The molecule has 3 rings (SSSR count). The Kier molecular flexibility index (Phi) is 3.05. The Morgan fingerprint density at radius 2 is 1.68 bits per heavy atom. The standard InChI is InChI=1S/C15H19FN2O/c1-17-8-10-18(11-9-17)14(19)15(6-7-15)12-2-4-13(16)5-3-12/h2-5H,6-11H2,1H3. The van der Waals surface area contributed by atoms with Gasteiger partial charge in [-0.15, -0.1) is 0 Å². The highest BCUT2D eigenvalue weighted by atomic mass is 19.1. The highest BCUT2D eigenvalue weighted by Crippen LogP contribution is 2.49. The van der Waals surface area contributed by atoms with E-state index in [-0.39, 0.29) is 17.1 Å². The third kappa shape index (κ3) is 2.25. The molecule has 1 saturated carbocycles. The highest BCUT2D eigenvalue weighted by molar-refractivity contribution is 5.91. The molecule has 0 bridgehead atoms. The van der Waals surface area contributed by atoms with Crippen molar-refractivity contribution in [1.82, 2.24) is 9.80 Å². The number of amides is 1. The lowest BCUT2D eigenvalue weighted by Crippen LogP contribution is -2.50. The average Bonchev–Trinajstić information content (AvgIpc) is 3.21. The maximum Gasteiger partial charge on any atom is 0.233 e. The molecule has 2 aliphatic rings. The van der Waals surface area contributed by atoms with Gasteiger partial charge in [0.1, 0.15) is 5.82 Å². The number of hydrogen-bond donors (Lipinski definition) is 0. The molecule has 1 aliphatic heterocycles. The zero-order chi connectivity index (χ0) is 13.5. The number of hydrogen-bond acceptors (Lipinski definition) is 2. The molecule has 19 heavy (non-hydrogen) atoms. The number of carbonyl (C=O) groups excluding carboxylic acids is 1. The van der Waals surface area contributed by atoms with E-state index < -0.39 is 0 Å². The molecule has 0 radical (unpaired) electrons. The lowest BCUT2D eigenvalue weighted by molar-refractivity contribution is -0.135. The van der Waals surface area contributed by atoms with Gasteiger partial charge < -0.3 is 9.80 Å². The molecule has 3 nitrogen and oxygen atoms in total. The Labute approximate surface area is 113 Å². The molecule has 1 heterocycles. The molecule has 0 atom stereocenters. The number of nitrogens with zero attached hydrogens (tertiary/aromatic N) is 2. The molecule has 0 N–H and O–H groups in total. The maximum absolute atomic E-state index is 13.0. The zero-order valence-electron chi connectivity index (χ0n) is 11.2. The van der Waals surface area contributed by atoms with Gasteiger partial charge in [-0.1, -0.05) is 12.1 Å². The van der Waals surface area contributed by atoms with E-state index in [9.17, 15) is 9.18 Å². The van der Waals surface area contributed by atoms with Crippen molar-refractivity contribution in [3.05, 3.63) is 35.6 Å². The molecule has 1 aromatic carbocycles. The van der Waals surface area contributed by atoms with Gasteiger partial charge >= 0.3 is 0 Å². The summed E-state index contributed by atoms with van der Waals surface area (Å²) < 4.78 is 13.0. The van der Waals surface area contributed by atoms with Crippen LogP contribution in [0.5, 0.6) is 0 Å². The zero-order valence-corrected chi connectivity index (χ0v) is 11.2.